The van der Waals surface area contributed by atoms with E-state index < -0.39 is 17.7 Å². The average Bonchev–Trinajstić information content (AvgIpc) is 2.96. The van der Waals surface area contributed by atoms with Gasteiger partial charge >= 0.3 is 0 Å². The Morgan fingerprint density at radius 3 is 2.55 bits per heavy atom. The average molecular weight is 415 g/mol. The predicted molar refractivity (Wildman–Crippen MR) is 112 cm³/mol. The van der Waals surface area contributed by atoms with Gasteiger partial charge in [0.25, 0.3) is 11.7 Å². The molecule has 7 heteroatoms. The van der Waals surface area contributed by atoms with Crippen LogP contribution in [0.15, 0.2) is 54.1 Å². The standard InChI is InChI=1S/C22H23ClN2O4/c1-24(2)10-11-25-19(14-6-4-8-16(23)12-14)18(21(27)22(25)28)20(26)15-7-5-9-17(13-15)29-3/h4-9,12-13,19,26H,10-11H2,1-3H3/t19-/m1/s1. The van der Waals surface area contributed by atoms with Gasteiger partial charge in [0.1, 0.15) is 11.5 Å². The van der Waals surface area contributed by atoms with Crippen molar-refractivity contribution in [1.82, 2.24) is 9.80 Å². The first-order valence-corrected chi connectivity index (χ1v) is 9.54. The molecule has 0 spiro atoms. The number of likely N-dealkylation sites (tertiary alicyclic amines) is 1. The van der Waals surface area contributed by atoms with Crippen molar-refractivity contribution in [2.45, 2.75) is 6.04 Å². The molecule has 0 radical (unpaired) electrons. The first kappa shape index (κ1) is 20.9. The molecule has 0 bridgehead atoms. The zero-order valence-corrected chi connectivity index (χ0v) is 17.3. The zero-order chi connectivity index (χ0) is 21.1. The minimum Gasteiger partial charge on any atom is -0.507 e. The maximum atomic E-state index is 12.9. The minimum atomic E-state index is -0.722. The van der Waals surface area contributed by atoms with Gasteiger partial charge in [-0.1, -0.05) is 35.9 Å². The van der Waals surface area contributed by atoms with E-state index in [0.29, 0.717) is 35.0 Å². The van der Waals surface area contributed by atoms with E-state index in [9.17, 15) is 14.7 Å². The molecule has 1 N–H and O–H groups in total. The lowest BCUT2D eigenvalue weighted by Gasteiger charge is -2.26. The Hall–Kier alpha value is -2.83. The number of ether oxygens (including phenoxy) is 1. The number of Topliss-reactive ketones (excluding diaryl/α,β-unsaturated/α-hetero) is 1. The molecule has 29 heavy (non-hydrogen) atoms. The molecule has 152 valence electrons. The fourth-order valence-electron chi connectivity index (χ4n) is 3.37. The molecule has 6 nitrogen and oxygen atoms in total. The molecule has 2 aromatic carbocycles. The summed E-state index contributed by atoms with van der Waals surface area (Å²) in [6.45, 7) is 0.910. The van der Waals surface area contributed by atoms with Crippen LogP contribution in [0.5, 0.6) is 5.75 Å². The Kier molecular flexibility index (Phi) is 6.25. The van der Waals surface area contributed by atoms with Gasteiger partial charge in [0.2, 0.25) is 0 Å². The molecule has 1 aliphatic rings. The lowest BCUT2D eigenvalue weighted by Crippen LogP contribution is -2.35. The summed E-state index contributed by atoms with van der Waals surface area (Å²) in [5.41, 5.74) is 1.12. The second kappa shape index (κ2) is 8.68. The van der Waals surface area contributed by atoms with Crippen LogP contribution in [0.2, 0.25) is 5.02 Å². The summed E-state index contributed by atoms with van der Waals surface area (Å²) in [6.07, 6.45) is 0. The molecule has 0 aliphatic carbocycles. The Bertz CT molecular complexity index is 971. The Balaban J connectivity index is 2.16. The zero-order valence-electron chi connectivity index (χ0n) is 16.6. The monoisotopic (exact) mass is 414 g/mol. The van der Waals surface area contributed by atoms with Crippen LogP contribution in [0.4, 0.5) is 0 Å². The first-order chi connectivity index (χ1) is 13.8. The van der Waals surface area contributed by atoms with E-state index in [2.05, 4.69) is 0 Å². The molecule has 2 aromatic rings. The summed E-state index contributed by atoms with van der Waals surface area (Å²) in [6, 6.07) is 13.0. The Labute approximate surface area is 174 Å². The molecule has 1 fully saturated rings. The summed E-state index contributed by atoms with van der Waals surface area (Å²) in [5, 5.41) is 11.5. The number of amides is 1. The highest BCUT2D eigenvalue weighted by Gasteiger charge is 2.45. The van der Waals surface area contributed by atoms with E-state index in [0.717, 1.165) is 0 Å². The number of aliphatic hydroxyl groups excluding tert-OH is 1. The van der Waals surface area contributed by atoms with E-state index >= 15 is 0 Å². The number of hydrogen-bond acceptors (Lipinski definition) is 5. The normalized spacial score (nSPS) is 18.5. The number of rotatable bonds is 6. The molecule has 1 atom stereocenters. The molecule has 0 unspecified atom stereocenters. The van der Waals surface area contributed by atoms with Crippen LogP contribution in [0.1, 0.15) is 17.2 Å². The van der Waals surface area contributed by atoms with Crippen LogP contribution in [-0.2, 0) is 9.59 Å². The maximum absolute atomic E-state index is 12.9. The number of nitrogens with zero attached hydrogens (tertiary/aromatic N) is 2. The third-order valence-electron chi connectivity index (χ3n) is 4.84. The molecular weight excluding hydrogens is 392 g/mol. The topological polar surface area (TPSA) is 70.1 Å². The van der Waals surface area contributed by atoms with E-state index in [1.807, 2.05) is 19.0 Å². The highest BCUT2D eigenvalue weighted by molar-refractivity contribution is 6.46. The van der Waals surface area contributed by atoms with Crippen LogP contribution in [-0.4, -0.2) is 60.9 Å². The van der Waals surface area contributed by atoms with Crippen LogP contribution >= 0.6 is 11.6 Å². The van der Waals surface area contributed by atoms with Gasteiger partial charge in [-0.05, 0) is 43.9 Å². The molecule has 1 aliphatic heterocycles. The summed E-state index contributed by atoms with van der Waals surface area (Å²) in [4.78, 5) is 29.1. The van der Waals surface area contributed by atoms with Crippen molar-refractivity contribution in [2.75, 3.05) is 34.3 Å². The van der Waals surface area contributed by atoms with Crippen LogP contribution in [0.3, 0.4) is 0 Å². The maximum Gasteiger partial charge on any atom is 0.295 e. The summed E-state index contributed by atoms with van der Waals surface area (Å²) >= 11 is 6.16. The lowest BCUT2D eigenvalue weighted by atomic mass is 9.95. The molecule has 1 amide bonds. The minimum absolute atomic E-state index is 0.0456. The Morgan fingerprint density at radius 2 is 1.90 bits per heavy atom. The second-order valence-corrected chi connectivity index (χ2v) is 7.52. The summed E-state index contributed by atoms with van der Waals surface area (Å²) in [5.74, 6) is -1.05. The van der Waals surface area contributed by atoms with Crippen molar-refractivity contribution < 1.29 is 19.4 Å². The number of halogens is 1. The highest BCUT2D eigenvalue weighted by Crippen LogP contribution is 2.40. The van der Waals surface area contributed by atoms with Gasteiger partial charge in [-0.2, -0.15) is 0 Å². The number of carbonyl (C=O) groups excluding carboxylic acids is 2. The van der Waals surface area contributed by atoms with Gasteiger partial charge in [-0.25, -0.2) is 0 Å². The van der Waals surface area contributed by atoms with E-state index in [-0.39, 0.29) is 11.3 Å². The molecule has 0 aromatic heterocycles. The molecule has 3 rings (SSSR count). The van der Waals surface area contributed by atoms with Crippen molar-refractivity contribution in [3.63, 3.8) is 0 Å². The lowest BCUT2D eigenvalue weighted by molar-refractivity contribution is -0.140. The van der Waals surface area contributed by atoms with Crippen molar-refractivity contribution in [3.05, 3.63) is 70.3 Å². The third kappa shape index (κ3) is 4.28. The number of aliphatic hydroxyl groups is 1. The van der Waals surface area contributed by atoms with E-state index in [1.54, 1.807) is 48.5 Å². The fourth-order valence-corrected chi connectivity index (χ4v) is 3.57. The van der Waals surface area contributed by atoms with Crippen LogP contribution in [0, 0.1) is 0 Å². The van der Waals surface area contributed by atoms with E-state index in [1.165, 1.54) is 12.0 Å². The number of methoxy groups -OCH3 is 1. The molecule has 0 saturated carbocycles. The van der Waals surface area contributed by atoms with Gasteiger partial charge in [0.15, 0.2) is 0 Å². The summed E-state index contributed by atoms with van der Waals surface area (Å²) < 4.78 is 5.21. The number of ketones is 1. The first-order valence-electron chi connectivity index (χ1n) is 9.16. The van der Waals surface area contributed by atoms with Gasteiger partial charge < -0.3 is 19.6 Å². The fraction of sp³-hybridized carbons (Fsp3) is 0.273. The van der Waals surface area contributed by atoms with Crippen LogP contribution in [0.25, 0.3) is 5.76 Å². The van der Waals surface area contributed by atoms with E-state index in [4.69, 9.17) is 16.3 Å². The van der Waals surface area contributed by atoms with Crippen molar-refractivity contribution in [2.24, 2.45) is 0 Å². The summed E-state index contributed by atoms with van der Waals surface area (Å²) in [7, 11) is 5.30. The van der Waals surface area contributed by atoms with Gasteiger partial charge in [-0.15, -0.1) is 0 Å². The van der Waals surface area contributed by atoms with Gasteiger partial charge in [-0.3, -0.25) is 9.59 Å². The molecule has 1 saturated heterocycles. The smallest absolute Gasteiger partial charge is 0.295 e. The predicted octanol–water partition coefficient (Wildman–Crippen LogP) is 3.33. The van der Waals surface area contributed by atoms with Crippen molar-refractivity contribution in [1.29, 1.82) is 0 Å². The van der Waals surface area contributed by atoms with Crippen LogP contribution < -0.4 is 4.74 Å². The third-order valence-corrected chi connectivity index (χ3v) is 5.07. The molecular formula is C22H23ClN2O4. The largest absolute Gasteiger partial charge is 0.507 e. The number of likely N-dealkylation sites (N-methyl/N-ethyl adjacent to an activating group) is 1. The van der Waals surface area contributed by atoms with Crippen molar-refractivity contribution in [3.8, 4) is 5.75 Å². The second-order valence-electron chi connectivity index (χ2n) is 7.08. The Morgan fingerprint density at radius 1 is 1.17 bits per heavy atom. The number of benzene rings is 2. The van der Waals surface area contributed by atoms with Crippen molar-refractivity contribution >= 4 is 29.1 Å². The SMILES string of the molecule is COc1cccc(C(O)=C2C(=O)C(=O)N(CCN(C)C)[C@@H]2c2cccc(Cl)c2)c1. The van der Waals surface area contributed by atoms with Gasteiger partial charge in [0.05, 0.1) is 18.7 Å². The number of carbonyl (C=O) groups is 2. The molecule has 1 heterocycles. The number of hydrogen-bond donors (Lipinski definition) is 1. The highest BCUT2D eigenvalue weighted by atomic mass is 35.5. The quantitative estimate of drug-likeness (QED) is 0.446. The van der Waals surface area contributed by atoms with Gasteiger partial charge in [0, 0.05) is 23.7 Å².